The molecule has 0 bridgehead atoms. The van der Waals surface area contributed by atoms with E-state index >= 15 is 0 Å². The zero-order valence-electron chi connectivity index (χ0n) is 17.6. The lowest BCUT2D eigenvalue weighted by atomic mass is 10.2. The van der Waals surface area contributed by atoms with Crippen molar-refractivity contribution in [1.82, 2.24) is 29.6 Å². The van der Waals surface area contributed by atoms with Crippen LogP contribution in [0.15, 0.2) is 54.9 Å². The van der Waals surface area contributed by atoms with Gasteiger partial charge in [0.2, 0.25) is 0 Å². The predicted octanol–water partition coefficient (Wildman–Crippen LogP) is 2.79. The number of aromatic nitrogens is 5. The molecule has 4 aromatic rings. The van der Waals surface area contributed by atoms with Crippen LogP contribution in [-0.2, 0) is 0 Å². The number of fused-ring (bicyclic) bond motifs is 1. The summed E-state index contributed by atoms with van der Waals surface area (Å²) in [5.74, 6) is 1.55. The highest BCUT2D eigenvalue weighted by atomic mass is 16.2. The normalized spacial score (nSPS) is 14.3. The van der Waals surface area contributed by atoms with Crippen molar-refractivity contribution in [1.29, 1.82) is 0 Å². The van der Waals surface area contributed by atoms with Crippen LogP contribution in [0.4, 0.5) is 5.82 Å². The molecule has 4 heterocycles. The van der Waals surface area contributed by atoms with Gasteiger partial charge in [0.25, 0.3) is 5.91 Å². The molecule has 0 saturated carbocycles. The smallest absolute Gasteiger partial charge is 0.272 e. The van der Waals surface area contributed by atoms with Gasteiger partial charge in [-0.15, -0.1) is 0 Å². The van der Waals surface area contributed by atoms with Crippen molar-refractivity contribution in [3.05, 3.63) is 71.9 Å². The Kier molecular flexibility index (Phi) is 4.82. The van der Waals surface area contributed by atoms with Gasteiger partial charge in [0.05, 0.1) is 11.2 Å². The Morgan fingerprint density at radius 1 is 0.903 bits per heavy atom. The number of rotatable bonds is 3. The van der Waals surface area contributed by atoms with Crippen LogP contribution in [0.1, 0.15) is 21.9 Å². The number of carbonyl (C=O) groups is 1. The van der Waals surface area contributed by atoms with E-state index in [4.69, 9.17) is 0 Å². The lowest BCUT2D eigenvalue weighted by molar-refractivity contribution is 0.0741. The number of hydrogen-bond acceptors (Lipinski definition) is 6. The second-order valence-electron chi connectivity index (χ2n) is 7.74. The van der Waals surface area contributed by atoms with E-state index in [2.05, 4.69) is 25.0 Å². The van der Waals surface area contributed by atoms with Crippen LogP contribution in [0, 0.1) is 13.8 Å². The molecule has 3 aromatic heterocycles. The minimum Gasteiger partial charge on any atom is -0.353 e. The number of nitrogens with zero attached hydrogens (tertiary/aromatic N) is 7. The van der Waals surface area contributed by atoms with Crippen LogP contribution in [0.25, 0.3) is 16.7 Å². The van der Waals surface area contributed by atoms with E-state index in [-0.39, 0.29) is 5.91 Å². The summed E-state index contributed by atoms with van der Waals surface area (Å²) in [4.78, 5) is 30.4. The molecule has 1 saturated heterocycles. The van der Waals surface area contributed by atoms with Gasteiger partial charge < -0.3 is 9.80 Å². The molecule has 0 N–H and O–H groups in total. The number of benzene rings is 1. The SMILES string of the molecule is Cc1cc(C)n(-c2cc(N3CCN(C(=O)c4ccc5ccccc5n4)CC3)ncn2)n1. The predicted molar refractivity (Wildman–Crippen MR) is 118 cm³/mol. The second-order valence-corrected chi connectivity index (χ2v) is 7.74. The summed E-state index contributed by atoms with van der Waals surface area (Å²) in [5, 5.41) is 5.54. The van der Waals surface area contributed by atoms with Crippen LogP contribution in [0.5, 0.6) is 0 Å². The fraction of sp³-hybridized carbons (Fsp3) is 0.261. The standard InChI is InChI=1S/C23H23N7O/c1-16-13-17(2)30(27-16)22-14-21(24-15-25-22)28-9-11-29(12-10-28)23(31)20-8-7-18-5-3-4-6-19(18)26-20/h3-8,13-15H,9-12H2,1-2H3. The molecule has 0 unspecified atom stereocenters. The van der Waals surface area contributed by atoms with Gasteiger partial charge in [-0.05, 0) is 32.0 Å². The summed E-state index contributed by atoms with van der Waals surface area (Å²) in [5.41, 5.74) is 3.30. The molecule has 1 amide bonds. The first-order chi connectivity index (χ1) is 15.1. The molecule has 5 rings (SSSR count). The van der Waals surface area contributed by atoms with Crippen molar-refractivity contribution in [2.45, 2.75) is 13.8 Å². The third-order valence-corrected chi connectivity index (χ3v) is 5.57. The Labute approximate surface area is 180 Å². The maximum Gasteiger partial charge on any atom is 0.272 e. The van der Waals surface area contributed by atoms with Crippen molar-refractivity contribution in [2.75, 3.05) is 31.1 Å². The van der Waals surface area contributed by atoms with E-state index < -0.39 is 0 Å². The Hall–Kier alpha value is -3.81. The Bertz CT molecular complexity index is 1260. The van der Waals surface area contributed by atoms with E-state index in [1.54, 1.807) is 6.33 Å². The largest absolute Gasteiger partial charge is 0.353 e. The number of pyridine rings is 1. The monoisotopic (exact) mass is 413 g/mol. The molecule has 0 aliphatic carbocycles. The fourth-order valence-electron chi connectivity index (χ4n) is 3.97. The van der Waals surface area contributed by atoms with Gasteiger partial charge in [0.1, 0.15) is 17.8 Å². The summed E-state index contributed by atoms with van der Waals surface area (Å²) < 4.78 is 1.83. The molecule has 0 spiro atoms. The van der Waals surface area contributed by atoms with Gasteiger partial charge in [-0.3, -0.25) is 4.79 Å². The van der Waals surface area contributed by atoms with Gasteiger partial charge >= 0.3 is 0 Å². The van der Waals surface area contributed by atoms with E-state index in [1.165, 1.54) is 0 Å². The maximum atomic E-state index is 13.0. The summed E-state index contributed by atoms with van der Waals surface area (Å²) in [7, 11) is 0. The zero-order chi connectivity index (χ0) is 21.4. The van der Waals surface area contributed by atoms with E-state index in [0.29, 0.717) is 31.9 Å². The van der Waals surface area contributed by atoms with Crippen molar-refractivity contribution >= 4 is 22.6 Å². The topological polar surface area (TPSA) is 80.0 Å². The molecule has 8 heteroatoms. The van der Waals surface area contributed by atoms with Crippen LogP contribution in [0.3, 0.4) is 0 Å². The average molecular weight is 413 g/mol. The summed E-state index contributed by atoms with van der Waals surface area (Å²) in [6.45, 7) is 6.61. The Morgan fingerprint density at radius 2 is 1.68 bits per heavy atom. The molecule has 8 nitrogen and oxygen atoms in total. The van der Waals surface area contributed by atoms with Crippen LogP contribution in [0.2, 0.25) is 0 Å². The van der Waals surface area contributed by atoms with E-state index in [0.717, 1.165) is 33.9 Å². The lowest BCUT2D eigenvalue weighted by Crippen LogP contribution is -2.49. The van der Waals surface area contributed by atoms with Gasteiger partial charge in [-0.1, -0.05) is 24.3 Å². The van der Waals surface area contributed by atoms with Gasteiger partial charge in [0, 0.05) is 43.3 Å². The van der Waals surface area contributed by atoms with Crippen molar-refractivity contribution in [3.8, 4) is 5.82 Å². The Morgan fingerprint density at radius 3 is 2.45 bits per heavy atom. The summed E-state index contributed by atoms with van der Waals surface area (Å²) in [6, 6.07) is 15.6. The van der Waals surface area contributed by atoms with Crippen LogP contribution >= 0.6 is 0 Å². The third-order valence-electron chi connectivity index (χ3n) is 5.57. The molecular formula is C23H23N7O. The highest BCUT2D eigenvalue weighted by molar-refractivity contribution is 5.95. The van der Waals surface area contributed by atoms with Gasteiger partial charge in [-0.25, -0.2) is 19.6 Å². The lowest BCUT2D eigenvalue weighted by Gasteiger charge is -2.35. The summed E-state index contributed by atoms with van der Waals surface area (Å²) >= 11 is 0. The molecule has 0 atom stereocenters. The third kappa shape index (κ3) is 3.72. The van der Waals surface area contributed by atoms with Crippen molar-refractivity contribution < 1.29 is 4.79 Å². The van der Waals surface area contributed by atoms with Crippen LogP contribution < -0.4 is 4.90 Å². The molecule has 31 heavy (non-hydrogen) atoms. The number of carbonyl (C=O) groups excluding carboxylic acids is 1. The van der Waals surface area contributed by atoms with E-state index in [1.807, 2.05) is 72.0 Å². The number of anilines is 1. The van der Waals surface area contributed by atoms with Gasteiger partial charge in [0.15, 0.2) is 5.82 Å². The number of piperazine rings is 1. The molecule has 1 aliphatic rings. The fourth-order valence-corrected chi connectivity index (χ4v) is 3.97. The first-order valence-corrected chi connectivity index (χ1v) is 10.3. The first kappa shape index (κ1) is 19.2. The highest BCUT2D eigenvalue weighted by Crippen LogP contribution is 2.19. The number of aryl methyl sites for hydroxylation is 2. The first-order valence-electron chi connectivity index (χ1n) is 10.3. The minimum absolute atomic E-state index is 0.0311. The molecular weight excluding hydrogens is 390 g/mol. The number of para-hydroxylation sites is 1. The van der Waals surface area contributed by atoms with Gasteiger partial charge in [-0.2, -0.15) is 5.10 Å². The summed E-state index contributed by atoms with van der Waals surface area (Å²) in [6.07, 6.45) is 1.57. The van der Waals surface area contributed by atoms with Crippen molar-refractivity contribution in [3.63, 3.8) is 0 Å². The molecule has 1 fully saturated rings. The maximum absolute atomic E-state index is 13.0. The van der Waals surface area contributed by atoms with Crippen molar-refractivity contribution in [2.24, 2.45) is 0 Å². The highest BCUT2D eigenvalue weighted by Gasteiger charge is 2.24. The number of hydrogen-bond donors (Lipinski definition) is 0. The quantitative estimate of drug-likeness (QED) is 0.514. The zero-order valence-corrected chi connectivity index (χ0v) is 17.6. The second kappa shape index (κ2) is 7.79. The molecule has 156 valence electrons. The average Bonchev–Trinajstić information content (AvgIpc) is 3.16. The molecule has 1 aliphatic heterocycles. The number of amides is 1. The molecule has 0 radical (unpaired) electrons. The Balaban J connectivity index is 1.29. The molecule has 1 aromatic carbocycles. The minimum atomic E-state index is -0.0311. The van der Waals surface area contributed by atoms with E-state index in [9.17, 15) is 4.79 Å². The van der Waals surface area contributed by atoms with Crippen LogP contribution in [-0.4, -0.2) is 61.7 Å².